The number of anilines is 2. The maximum atomic E-state index is 15.3. The number of β-amino-alcohol motifs (C(OH)–C–C–N with tert-alkyl or cyclic N) is 1. The summed E-state index contributed by atoms with van der Waals surface area (Å²) >= 11 is 13.5. The predicted molar refractivity (Wildman–Crippen MR) is 262 cm³/mol. The number of nitriles is 1. The number of nitrogens with one attached hydrogen (secondary N) is 2. The lowest BCUT2D eigenvalue weighted by Crippen LogP contribution is -2.58. The monoisotopic (exact) mass is 989 g/mol. The van der Waals surface area contributed by atoms with Crippen molar-refractivity contribution in [2.24, 2.45) is 5.41 Å². The molecule has 2 aliphatic heterocycles. The first kappa shape index (κ1) is 51.8. The van der Waals surface area contributed by atoms with Crippen molar-refractivity contribution in [3.05, 3.63) is 93.8 Å². The van der Waals surface area contributed by atoms with E-state index in [1.54, 1.807) is 47.7 Å². The molecule has 2 saturated heterocycles. The minimum atomic E-state index is -1.14. The molecule has 0 aliphatic carbocycles. The van der Waals surface area contributed by atoms with Crippen molar-refractivity contribution < 1.29 is 42.9 Å². The Balaban J connectivity index is 0.868. The van der Waals surface area contributed by atoms with Crippen LogP contribution in [-0.4, -0.2) is 107 Å². The number of hydrogen-bond acceptors (Lipinski definition) is 12. The third-order valence-electron chi connectivity index (χ3n) is 11.6. The minimum Gasteiger partial charge on any atom is -0.491 e. The number of carbonyl (C=O) groups is 4. The average Bonchev–Trinajstić information content (AvgIpc) is 3.96. The fourth-order valence-corrected chi connectivity index (χ4v) is 9.49. The standard InChI is InChI=1S/C49H57ClFN7O8S2/c1-30-42(68-29-54-30)32-12-10-31(11-13-32)26-53-44(61)39-24-36(59)27-56(39)45(62)43(48(2,3)4)55-41(60)28-65-20-9-19-64-18-7-8-21-66-40-17-16-35(23-38(40)51)58-47(67)57(46(63)49(58,5)6)34-15-14-33(25-52)37(50)22-34/h10-17,22-23,29,36,39,43,59H,7-9,18-21,24,26-28H2,1-6H3,(H,53,61)(H,55,60)/t36-,39+,43-/m1/s1. The van der Waals surface area contributed by atoms with Crippen LogP contribution < -0.4 is 25.2 Å². The zero-order valence-corrected chi connectivity index (χ0v) is 41.4. The summed E-state index contributed by atoms with van der Waals surface area (Å²) in [6, 6.07) is 16.9. The number of rotatable bonds is 20. The first-order chi connectivity index (χ1) is 32.3. The van der Waals surface area contributed by atoms with Crippen LogP contribution in [0.5, 0.6) is 5.75 Å². The van der Waals surface area contributed by atoms with Crippen LogP contribution in [0.15, 0.2) is 66.2 Å². The molecule has 6 rings (SSSR count). The van der Waals surface area contributed by atoms with E-state index in [4.69, 9.17) is 38.0 Å². The lowest BCUT2D eigenvalue weighted by molar-refractivity contribution is -0.144. The molecular formula is C49H57ClFN7O8S2. The third-order valence-corrected chi connectivity index (χ3v) is 13.3. The van der Waals surface area contributed by atoms with Crippen LogP contribution in [0, 0.1) is 29.5 Å². The van der Waals surface area contributed by atoms with Crippen LogP contribution >= 0.6 is 35.2 Å². The van der Waals surface area contributed by atoms with Crippen LogP contribution in [0.4, 0.5) is 15.8 Å². The number of thiocarbonyl (C=S) groups is 1. The van der Waals surface area contributed by atoms with Gasteiger partial charge in [0, 0.05) is 51.1 Å². The van der Waals surface area contributed by atoms with E-state index in [0.717, 1.165) is 21.7 Å². The number of halogens is 2. The number of aliphatic hydroxyl groups is 1. The van der Waals surface area contributed by atoms with Crippen molar-refractivity contribution in [1.29, 1.82) is 5.26 Å². The summed E-state index contributed by atoms with van der Waals surface area (Å²) in [5.41, 5.74) is 3.85. The van der Waals surface area contributed by atoms with Gasteiger partial charge in [-0.25, -0.2) is 9.37 Å². The van der Waals surface area contributed by atoms with Gasteiger partial charge in [-0.15, -0.1) is 11.3 Å². The van der Waals surface area contributed by atoms with Gasteiger partial charge >= 0.3 is 0 Å². The Morgan fingerprint density at radius 1 is 1.03 bits per heavy atom. The quantitative estimate of drug-likeness (QED) is 0.0604. The van der Waals surface area contributed by atoms with E-state index in [2.05, 4.69) is 15.6 Å². The topological polar surface area (TPSA) is 187 Å². The molecular weight excluding hydrogens is 933 g/mol. The normalized spacial score (nSPS) is 17.3. The second-order valence-corrected chi connectivity index (χ2v) is 19.9. The fraction of sp³-hybridized carbons (Fsp3) is 0.449. The number of likely N-dealkylation sites (tertiary alicyclic amines) is 1. The molecule has 68 heavy (non-hydrogen) atoms. The zero-order chi connectivity index (χ0) is 49.3. The second-order valence-electron chi connectivity index (χ2n) is 18.2. The smallest absolute Gasteiger partial charge is 0.259 e. The minimum absolute atomic E-state index is 0.0306. The van der Waals surface area contributed by atoms with Gasteiger partial charge in [0.25, 0.3) is 5.91 Å². The van der Waals surface area contributed by atoms with E-state index >= 15 is 4.39 Å². The molecule has 4 aromatic rings. The number of nitrogens with zero attached hydrogens (tertiary/aromatic N) is 5. The number of carbonyl (C=O) groups excluding carboxylic acids is 4. The summed E-state index contributed by atoms with van der Waals surface area (Å²) in [4.78, 5) is 63.5. The summed E-state index contributed by atoms with van der Waals surface area (Å²) in [5.74, 6) is -2.23. The fourth-order valence-electron chi connectivity index (χ4n) is 7.94. The molecule has 3 atom stereocenters. The molecule has 0 bridgehead atoms. The van der Waals surface area contributed by atoms with Gasteiger partial charge in [-0.3, -0.25) is 24.1 Å². The van der Waals surface area contributed by atoms with E-state index in [1.165, 1.54) is 34.1 Å². The number of aromatic nitrogens is 1. The molecule has 362 valence electrons. The number of aliphatic hydroxyl groups excluding tert-OH is 1. The molecule has 0 saturated carbocycles. The molecule has 4 amide bonds. The summed E-state index contributed by atoms with van der Waals surface area (Å²) in [6.45, 7) is 12.0. The van der Waals surface area contributed by atoms with Crippen LogP contribution in [0.2, 0.25) is 5.02 Å². The SMILES string of the molecule is Cc1ncsc1-c1ccc(CNC(=O)[C@@H]2C[C@@H](O)CN2C(=O)[C@@H](NC(=O)COCCCOCCCCOc2ccc(N3C(=S)N(c4ccc(C#N)c(Cl)c4)C(=O)C3(C)C)cc2F)C(C)(C)C)cc1. The number of amides is 4. The lowest BCUT2D eigenvalue weighted by atomic mass is 9.85. The highest BCUT2D eigenvalue weighted by atomic mass is 35.5. The summed E-state index contributed by atoms with van der Waals surface area (Å²) in [7, 11) is 0. The number of aryl methyl sites for hydroxylation is 1. The van der Waals surface area contributed by atoms with Crippen molar-refractivity contribution in [3.63, 3.8) is 0 Å². The molecule has 3 heterocycles. The molecule has 3 aromatic carbocycles. The van der Waals surface area contributed by atoms with E-state index in [0.29, 0.717) is 43.9 Å². The van der Waals surface area contributed by atoms with Crippen LogP contribution in [0.25, 0.3) is 10.4 Å². The van der Waals surface area contributed by atoms with Gasteiger partial charge < -0.3 is 39.8 Å². The Labute approximate surface area is 410 Å². The molecule has 2 fully saturated rings. The van der Waals surface area contributed by atoms with Gasteiger partial charge in [-0.2, -0.15) is 5.26 Å². The van der Waals surface area contributed by atoms with Crippen molar-refractivity contribution in [2.75, 3.05) is 49.4 Å². The maximum absolute atomic E-state index is 15.3. The van der Waals surface area contributed by atoms with Gasteiger partial charge in [0.15, 0.2) is 16.7 Å². The van der Waals surface area contributed by atoms with Gasteiger partial charge in [0.2, 0.25) is 17.7 Å². The van der Waals surface area contributed by atoms with E-state index in [9.17, 15) is 29.5 Å². The highest BCUT2D eigenvalue weighted by Crippen LogP contribution is 2.39. The van der Waals surface area contributed by atoms with Crippen molar-refractivity contribution in [3.8, 4) is 22.3 Å². The predicted octanol–water partition coefficient (Wildman–Crippen LogP) is 7.09. The molecule has 2 aliphatic rings. The van der Waals surface area contributed by atoms with Crippen LogP contribution in [0.1, 0.15) is 77.1 Å². The first-order valence-corrected chi connectivity index (χ1v) is 24.0. The van der Waals surface area contributed by atoms with Gasteiger partial charge in [0.05, 0.1) is 45.1 Å². The van der Waals surface area contributed by atoms with Crippen LogP contribution in [-0.2, 0) is 35.2 Å². The molecule has 1 aromatic heterocycles. The number of ether oxygens (including phenoxy) is 3. The molecule has 3 N–H and O–H groups in total. The highest BCUT2D eigenvalue weighted by molar-refractivity contribution is 7.81. The Morgan fingerprint density at radius 2 is 1.72 bits per heavy atom. The van der Waals surface area contributed by atoms with Crippen molar-refractivity contribution >= 4 is 75.3 Å². The van der Waals surface area contributed by atoms with Gasteiger partial charge in [0.1, 0.15) is 30.3 Å². The first-order valence-electron chi connectivity index (χ1n) is 22.3. The largest absolute Gasteiger partial charge is 0.491 e. The molecule has 0 spiro atoms. The molecule has 0 radical (unpaired) electrons. The number of hydrogen-bond donors (Lipinski definition) is 3. The zero-order valence-electron chi connectivity index (χ0n) is 39.0. The van der Waals surface area contributed by atoms with Gasteiger partial charge in [-0.05, 0) is 99.1 Å². The Morgan fingerprint density at radius 3 is 2.38 bits per heavy atom. The summed E-state index contributed by atoms with van der Waals surface area (Å²) in [5, 5.41) is 25.8. The van der Waals surface area contributed by atoms with Crippen LogP contribution in [0.3, 0.4) is 0 Å². The van der Waals surface area contributed by atoms with E-state index in [-0.39, 0.29) is 72.6 Å². The highest BCUT2D eigenvalue weighted by Gasteiger charge is 2.50. The summed E-state index contributed by atoms with van der Waals surface area (Å²) < 4.78 is 32.3. The second kappa shape index (κ2) is 22.7. The number of thiazole rings is 1. The Hall–Kier alpha value is -5.55. The molecule has 19 heteroatoms. The Bertz CT molecular complexity index is 2530. The van der Waals surface area contributed by atoms with E-state index < -0.39 is 46.8 Å². The third kappa shape index (κ3) is 12.4. The van der Waals surface area contributed by atoms with Gasteiger partial charge in [-0.1, -0.05) is 56.6 Å². The average molecular weight is 991 g/mol. The van der Waals surface area contributed by atoms with E-state index in [1.807, 2.05) is 58.0 Å². The number of unbranched alkanes of at least 4 members (excludes halogenated alkanes) is 1. The lowest BCUT2D eigenvalue weighted by Gasteiger charge is -2.35. The maximum Gasteiger partial charge on any atom is 0.259 e. The Kier molecular flexibility index (Phi) is 17.3. The van der Waals surface area contributed by atoms with Crippen molar-refractivity contribution in [1.82, 2.24) is 20.5 Å². The molecule has 15 nitrogen and oxygen atoms in total. The summed E-state index contributed by atoms with van der Waals surface area (Å²) in [6.07, 6.45) is 0.959. The number of benzene rings is 3. The van der Waals surface area contributed by atoms with Crippen molar-refractivity contribution in [2.45, 2.75) is 97.5 Å². The molecule has 0 unspecified atom stereocenters.